The highest BCUT2D eigenvalue weighted by atomic mass is 79.9. The van der Waals surface area contributed by atoms with Gasteiger partial charge < -0.3 is 4.43 Å². The highest BCUT2D eigenvalue weighted by Gasteiger charge is 2.49. The highest BCUT2D eigenvalue weighted by Crippen LogP contribution is 2.36. The Morgan fingerprint density at radius 2 is 1.34 bits per heavy atom. The lowest BCUT2D eigenvalue weighted by Gasteiger charge is -2.43. The fourth-order valence-electron chi connectivity index (χ4n) is 4.92. The highest BCUT2D eigenvalue weighted by molar-refractivity contribution is 9.09. The van der Waals surface area contributed by atoms with Gasteiger partial charge in [0.05, 0.1) is 0 Å². The van der Waals surface area contributed by atoms with Gasteiger partial charge >= 0.3 is 0 Å². The number of hydrogen-bond acceptors (Lipinski definition) is 2. The zero-order valence-electron chi connectivity index (χ0n) is 21.4. The summed E-state index contributed by atoms with van der Waals surface area (Å²) < 4.78 is 6.99. The van der Waals surface area contributed by atoms with Gasteiger partial charge in [0, 0.05) is 24.3 Å². The van der Waals surface area contributed by atoms with E-state index in [9.17, 15) is 4.79 Å². The minimum Gasteiger partial charge on any atom is -0.407 e. The third kappa shape index (κ3) is 7.25. The molecular formula is C31H39BrO2Si. The summed E-state index contributed by atoms with van der Waals surface area (Å²) in [6.45, 7) is 7.64. The zero-order valence-corrected chi connectivity index (χ0v) is 24.0. The Bertz CT molecular complexity index is 977. The number of carbonyl (C=O) groups is 1. The second-order valence-corrected chi connectivity index (χ2v) is 15.3. The maximum absolute atomic E-state index is 12.8. The molecule has 0 aliphatic rings. The van der Waals surface area contributed by atoms with Gasteiger partial charge in [-0.15, -0.1) is 0 Å². The number of hydrogen-bond donors (Lipinski definition) is 0. The number of alkyl halides is 1. The molecular weight excluding hydrogens is 512 g/mol. The summed E-state index contributed by atoms with van der Waals surface area (Å²) in [5.74, 6) is 0.435. The molecule has 35 heavy (non-hydrogen) atoms. The smallest absolute Gasteiger partial charge is 0.261 e. The van der Waals surface area contributed by atoms with Crippen LogP contribution in [0.25, 0.3) is 0 Å². The van der Waals surface area contributed by atoms with Crippen LogP contribution >= 0.6 is 15.9 Å². The number of carbonyl (C=O) groups excluding carboxylic acids is 1. The quantitative estimate of drug-likeness (QED) is 0.131. The van der Waals surface area contributed by atoms with Crippen molar-refractivity contribution >= 4 is 40.4 Å². The van der Waals surface area contributed by atoms with E-state index >= 15 is 0 Å². The Morgan fingerprint density at radius 1 is 0.829 bits per heavy atom. The first kappa shape index (κ1) is 27.6. The molecule has 0 radical (unpaired) electrons. The number of Topliss-reactive ketones (excluding diaryl/α,β-unsaturated/α-hetero) is 1. The van der Waals surface area contributed by atoms with E-state index in [1.165, 1.54) is 15.9 Å². The van der Waals surface area contributed by atoms with Crippen molar-refractivity contribution in [2.75, 3.05) is 11.9 Å². The lowest BCUT2D eigenvalue weighted by atomic mass is 9.95. The Labute approximate surface area is 221 Å². The van der Waals surface area contributed by atoms with E-state index in [4.69, 9.17) is 4.43 Å². The lowest BCUT2D eigenvalue weighted by Crippen LogP contribution is -2.66. The maximum Gasteiger partial charge on any atom is 0.261 e. The molecule has 0 spiro atoms. The fraction of sp³-hybridized carbons (Fsp3) is 0.387. The minimum absolute atomic E-state index is 0.0124. The van der Waals surface area contributed by atoms with E-state index in [0.717, 1.165) is 31.0 Å². The molecule has 3 aromatic carbocycles. The number of ketones is 1. The molecule has 0 saturated carbocycles. The van der Waals surface area contributed by atoms with Crippen molar-refractivity contribution in [3.63, 3.8) is 0 Å². The molecule has 0 heterocycles. The largest absolute Gasteiger partial charge is 0.407 e. The summed E-state index contributed by atoms with van der Waals surface area (Å²) in [5, 5.41) is 3.35. The summed E-state index contributed by atoms with van der Waals surface area (Å²) in [7, 11) is -2.48. The molecule has 4 heteroatoms. The van der Waals surface area contributed by atoms with Gasteiger partial charge in [-0.1, -0.05) is 134 Å². The monoisotopic (exact) mass is 550 g/mol. The average Bonchev–Trinajstić information content (AvgIpc) is 2.88. The van der Waals surface area contributed by atoms with Crippen LogP contribution in [-0.2, 0) is 15.6 Å². The summed E-state index contributed by atoms with van der Waals surface area (Å²) in [5.41, 5.74) is 1.23. The second-order valence-electron chi connectivity index (χ2n) is 10.3. The predicted molar refractivity (Wildman–Crippen MR) is 154 cm³/mol. The van der Waals surface area contributed by atoms with Crippen LogP contribution in [0.15, 0.2) is 91.0 Å². The van der Waals surface area contributed by atoms with E-state index in [1.807, 2.05) is 18.2 Å². The third-order valence-electron chi connectivity index (χ3n) is 6.83. The van der Waals surface area contributed by atoms with Gasteiger partial charge in [0.15, 0.2) is 0 Å². The molecule has 0 amide bonds. The number of aryl methyl sites for hydroxylation is 1. The van der Waals surface area contributed by atoms with Crippen LogP contribution in [0.3, 0.4) is 0 Å². The van der Waals surface area contributed by atoms with E-state index in [2.05, 4.69) is 109 Å². The van der Waals surface area contributed by atoms with Crippen LogP contribution in [0.5, 0.6) is 0 Å². The van der Waals surface area contributed by atoms with Gasteiger partial charge in [0.1, 0.15) is 5.78 Å². The van der Waals surface area contributed by atoms with Gasteiger partial charge in [-0.05, 0) is 40.2 Å². The van der Waals surface area contributed by atoms with E-state index in [0.29, 0.717) is 18.8 Å². The van der Waals surface area contributed by atoms with Crippen LogP contribution in [0.1, 0.15) is 52.0 Å². The molecule has 0 fully saturated rings. The van der Waals surface area contributed by atoms with Crippen molar-refractivity contribution in [3.8, 4) is 0 Å². The predicted octanol–water partition coefficient (Wildman–Crippen LogP) is 6.95. The standard InChI is InChI=1S/C31H39BrO2Si/c1-31(2,3)35(28-18-9-5-10-19-28,29-20-11-6-12-21-29)34-24-14-13-17-27(25-32)30(33)23-22-26-15-7-4-8-16-26/h4-12,15-16,18-21,27H,13-14,17,22-25H2,1-3H3. The number of halogens is 1. The molecule has 0 aliphatic carbocycles. The molecule has 186 valence electrons. The Balaban J connectivity index is 1.62. The average molecular weight is 552 g/mol. The molecule has 0 bridgehead atoms. The van der Waals surface area contributed by atoms with Crippen LogP contribution in [-0.4, -0.2) is 26.0 Å². The summed E-state index contributed by atoms with van der Waals surface area (Å²) in [6.07, 6.45) is 4.29. The molecule has 0 N–H and O–H groups in total. The van der Waals surface area contributed by atoms with Gasteiger partial charge in [0.2, 0.25) is 0 Å². The van der Waals surface area contributed by atoms with E-state index in [1.54, 1.807) is 0 Å². The molecule has 3 rings (SSSR count). The number of rotatable bonds is 13. The first-order valence-corrected chi connectivity index (χ1v) is 15.8. The SMILES string of the molecule is CC(C)(C)[Si](OCCCCC(CBr)C(=O)CCc1ccccc1)(c1ccccc1)c1ccccc1. The molecule has 0 aromatic heterocycles. The van der Waals surface area contributed by atoms with Crippen molar-refractivity contribution in [1.82, 2.24) is 0 Å². The maximum atomic E-state index is 12.8. The molecule has 1 atom stereocenters. The summed E-state index contributed by atoms with van der Waals surface area (Å²) in [4.78, 5) is 12.8. The molecule has 3 aromatic rings. The van der Waals surface area contributed by atoms with Crippen LogP contribution in [0, 0.1) is 5.92 Å². The van der Waals surface area contributed by atoms with Crippen molar-refractivity contribution in [2.24, 2.45) is 5.92 Å². The van der Waals surface area contributed by atoms with Gasteiger partial charge in [-0.2, -0.15) is 0 Å². The second kappa shape index (κ2) is 13.3. The van der Waals surface area contributed by atoms with Gasteiger partial charge in [0.25, 0.3) is 8.32 Å². The van der Waals surface area contributed by atoms with Crippen molar-refractivity contribution in [2.45, 2.75) is 57.9 Å². The third-order valence-corrected chi connectivity index (χ3v) is 12.7. The molecule has 0 aliphatic heterocycles. The van der Waals surface area contributed by atoms with Crippen molar-refractivity contribution in [1.29, 1.82) is 0 Å². The van der Waals surface area contributed by atoms with Crippen LogP contribution in [0.4, 0.5) is 0 Å². The Hall–Kier alpha value is -2.01. The van der Waals surface area contributed by atoms with Crippen LogP contribution in [0.2, 0.25) is 5.04 Å². The Kier molecular flexibility index (Phi) is 10.5. The minimum atomic E-state index is -2.48. The van der Waals surface area contributed by atoms with Crippen LogP contribution < -0.4 is 10.4 Å². The first-order chi connectivity index (χ1) is 16.9. The topological polar surface area (TPSA) is 26.3 Å². The molecule has 2 nitrogen and oxygen atoms in total. The summed E-state index contributed by atoms with van der Waals surface area (Å²) >= 11 is 3.59. The normalized spacial score (nSPS) is 12.9. The Morgan fingerprint density at radius 3 is 1.83 bits per heavy atom. The first-order valence-electron chi connectivity index (χ1n) is 12.8. The summed E-state index contributed by atoms with van der Waals surface area (Å²) in [6, 6.07) is 31.8. The van der Waals surface area contributed by atoms with Gasteiger partial charge in [-0.3, -0.25) is 4.79 Å². The van der Waals surface area contributed by atoms with Crippen molar-refractivity contribution < 1.29 is 9.22 Å². The number of benzene rings is 3. The molecule has 0 saturated heterocycles. The zero-order chi connectivity index (χ0) is 25.2. The van der Waals surface area contributed by atoms with Gasteiger partial charge in [-0.25, -0.2) is 0 Å². The molecule has 1 unspecified atom stereocenters. The number of unbranched alkanes of at least 4 members (excludes halogenated alkanes) is 1. The lowest BCUT2D eigenvalue weighted by molar-refractivity contribution is -0.122. The van der Waals surface area contributed by atoms with E-state index in [-0.39, 0.29) is 11.0 Å². The van der Waals surface area contributed by atoms with E-state index < -0.39 is 8.32 Å². The fourth-order valence-corrected chi connectivity index (χ4v) is 10.2. The van der Waals surface area contributed by atoms with Crippen molar-refractivity contribution in [3.05, 3.63) is 96.6 Å².